The Balaban J connectivity index is 1.84. The maximum Gasteiger partial charge on any atom is 0.241 e. The number of ether oxygens (including phenoxy) is 1. The largest absolute Gasteiger partial charge is 0.370 e. The molecule has 0 bridgehead atoms. The minimum atomic E-state index is -3.64. The minimum Gasteiger partial charge on any atom is -0.370 e. The van der Waals surface area contributed by atoms with Gasteiger partial charge < -0.3 is 9.64 Å². The van der Waals surface area contributed by atoms with E-state index in [1.165, 1.54) is 17.0 Å². The molecule has 7 heteroatoms. The van der Waals surface area contributed by atoms with Gasteiger partial charge in [0.15, 0.2) is 0 Å². The van der Waals surface area contributed by atoms with E-state index < -0.39 is 10.0 Å². The summed E-state index contributed by atoms with van der Waals surface area (Å²) in [6.45, 7) is 5.87. The molecule has 2 aromatic carbocycles. The van der Waals surface area contributed by atoms with Gasteiger partial charge in [-0.05, 0) is 36.8 Å². The molecule has 2 N–H and O–H groups in total. The first-order valence-electron chi connectivity index (χ1n) is 8.70. The van der Waals surface area contributed by atoms with Crippen LogP contribution in [0, 0.1) is 6.92 Å². The van der Waals surface area contributed by atoms with E-state index in [0.29, 0.717) is 24.8 Å². The van der Waals surface area contributed by atoms with E-state index in [1.54, 1.807) is 12.1 Å². The minimum absolute atomic E-state index is 0.219. The highest BCUT2D eigenvalue weighted by atomic mass is 35.5. The predicted octanol–water partition coefficient (Wildman–Crippen LogP) is 1.58. The molecule has 0 radical (unpaired) electrons. The number of hydrogen-bond acceptors (Lipinski definition) is 3. The fraction of sp³-hybridized carbons (Fsp3) is 0.368. The van der Waals surface area contributed by atoms with Gasteiger partial charge in [0.2, 0.25) is 10.0 Å². The van der Waals surface area contributed by atoms with E-state index in [4.69, 9.17) is 16.3 Å². The summed E-state index contributed by atoms with van der Waals surface area (Å²) in [6.07, 6.45) is 0. The Morgan fingerprint density at radius 1 is 1.08 bits per heavy atom. The molecule has 2 aromatic rings. The lowest BCUT2D eigenvalue weighted by atomic mass is 10.1. The van der Waals surface area contributed by atoms with E-state index >= 15 is 0 Å². The monoisotopic (exact) mass is 395 g/mol. The Morgan fingerprint density at radius 2 is 1.69 bits per heavy atom. The van der Waals surface area contributed by atoms with Crippen LogP contribution in [0.5, 0.6) is 0 Å². The summed E-state index contributed by atoms with van der Waals surface area (Å²) >= 11 is 5.88. The number of halogens is 1. The van der Waals surface area contributed by atoms with Crippen molar-refractivity contribution in [3.8, 4) is 0 Å². The Morgan fingerprint density at radius 3 is 2.31 bits per heavy atom. The third kappa shape index (κ3) is 5.05. The summed E-state index contributed by atoms with van der Waals surface area (Å²) in [5.74, 6) is 0. The first-order chi connectivity index (χ1) is 12.4. The van der Waals surface area contributed by atoms with Crippen molar-refractivity contribution in [1.82, 2.24) is 4.72 Å². The van der Waals surface area contributed by atoms with Gasteiger partial charge in [-0.2, -0.15) is 4.72 Å². The van der Waals surface area contributed by atoms with Gasteiger partial charge in [0.05, 0.1) is 30.7 Å². The summed E-state index contributed by atoms with van der Waals surface area (Å²) < 4.78 is 34.0. The van der Waals surface area contributed by atoms with Crippen LogP contribution in [0.3, 0.4) is 0 Å². The average Bonchev–Trinajstić information content (AvgIpc) is 2.63. The normalized spacial score (nSPS) is 17.2. The SMILES string of the molecule is Cc1ccc([C@H](C[NH+]2CCOCC2)NS(=O)(=O)c2ccc(Cl)cc2)cc1. The summed E-state index contributed by atoms with van der Waals surface area (Å²) in [5.41, 5.74) is 2.11. The van der Waals surface area contributed by atoms with Gasteiger partial charge in [0.25, 0.3) is 0 Å². The van der Waals surface area contributed by atoms with Gasteiger partial charge >= 0.3 is 0 Å². The molecular weight excluding hydrogens is 372 g/mol. The number of sulfonamides is 1. The molecule has 0 saturated carbocycles. The molecule has 5 nitrogen and oxygen atoms in total. The van der Waals surface area contributed by atoms with Crippen LogP contribution in [-0.4, -0.2) is 41.3 Å². The fourth-order valence-electron chi connectivity index (χ4n) is 3.05. The Labute approximate surface area is 160 Å². The maximum absolute atomic E-state index is 12.8. The molecule has 0 aliphatic carbocycles. The highest BCUT2D eigenvalue weighted by molar-refractivity contribution is 7.89. The van der Waals surface area contributed by atoms with Gasteiger partial charge in [-0.15, -0.1) is 0 Å². The van der Waals surface area contributed by atoms with Crippen LogP contribution in [0.2, 0.25) is 5.02 Å². The highest BCUT2D eigenvalue weighted by Gasteiger charge is 2.26. The summed E-state index contributed by atoms with van der Waals surface area (Å²) in [5, 5.41) is 0.511. The second kappa shape index (κ2) is 8.50. The first-order valence-corrected chi connectivity index (χ1v) is 10.6. The third-order valence-electron chi connectivity index (χ3n) is 4.59. The number of rotatable bonds is 6. The van der Waals surface area contributed by atoms with Gasteiger partial charge in [-0.1, -0.05) is 41.4 Å². The number of aryl methyl sites for hydroxylation is 1. The van der Waals surface area contributed by atoms with Gasteiger partial charge in [0, 0.05) is 5.02 Å². The van der Waals surface area contributed by atoms with Crippen LogP contribution in [0.4, 0.5) is 0 Å². The lowest BCUT2D eigenvalue weighted by molar-refractivity contribution is -0.909. The third-order valence-corrected chi connectivity index (χ3v) is 6.33. The maximum atomic E-state index is 12.8. The van der Waals surface area contributed by atoms with Crippen molar-refractivity contribution in [2.45, 2.75) is 17.9 Å². The molecule has 0 spiro atoms. The molecule has 1 atom stereocenters. The molecular formula is C19H24ClN2O3S+. The van der Waals surface area contributed by atoms with Crippen molar-refractivity contribution in [3.05, 3.63) is 64.7 Å². The lowest BCUT2D eigenvalue weighted by Gasteiger charge is -2.28. The number of benzene rings is 2. The Kier molecular flexibility index (Phi) is 6.32. The first kappa shape index (κ1) is 19.3. The van der Waals surface area contributed by atoms with Crippen molar-refractivity contribution >= 4 is 21.6 Å². The predicted molar refractivity (Wildman–Crippen MR) is 102 cm³/mol. The molecule has 1 heterocycles. The van der Waals surface area contributed by atoms with E-state index in [-0.39, 0.29) is 10.9 Å². The summed E-state index contributed by atoms with van der Waals surface area (Å²) in [4.78, 5) is 1.55. The number of morpholine rings is 1. The summed E-state index contributed by atoms with van der Waals surface area (Å²) in [6, 6.07) is 13.9. The molecule has 0 unspecified atom stereocenters. The lowest BCUT2D eigenvalue weighted by Crippen LogP contribution is -3.14. The van der Waals surface area contributed by atoms with Crippen molar-refractivity contribution in [3.63, 3.8) is 0 Å². The molecule has 140 valence electrons. The zero-order valence-corrected chi connectivity index (χ0v) is 16.3. The average molecular weight is 396 g/mol. The fourth-order valence-corrected chi connectivity index (χ4v) is 4.40. The van der Waals surface area contributed by atoms with Crippen molar-refractivity contribution in [2.24, 2.45) is 0 Å². The molecule has 1 aliphatic rings. The van der Waals surface area contributed by atoms with Crippen molar-refractivity contribution in [1.29, 1.82) is 0 Å². The zero-order valence-electron chi connectivity index (χ0n) is 14.7. The smallest absolute Gasteiger partial charge is 0.241 e. The van der Waals surface area contributed by atoms with Crippen LogP contribution in [0.25, 0.3) is 0 Å². The molecule has 1 fully saturated rings. The van der Waals surface area contributed by atoms with Crippen LogP contribution < -0.4 is 9.62 Å². The Bertz CT molecular complexity index is 817. The van der Waals surface area contributed by atoms with Gasteiger partial charge in [0.1, 0.15) is 13.1 Å². The number of nitrogens with one attached hydrogen (secondary N) is 2. The second-order valence-electron chi connectivity index (χ2n) is 6.60. The van der Waals surface area contributed by atoms with Gasteiger partial charge in [-0.3, -0.25) is 0 Å². The molecule has 1 aliphatic heterocycles. The van der Waals surface area contributed by atoms with E-state index in [9.17, 15) is 8.42 Å². The van der Waals surface area contributed by atoms with E-state index in [0.717, 1.165) is 24.2 Å². The van der Waals surface area contributed by atoms with Crippen LogP contribution in [0.15, 0.2) is 53.4 Å². The standard InChI is InChI=1S/C19H23ClN2O3S/c1-15-2-4-16(5-3-15)19(14-22-10-12-25-13-11-22)21-26(23,24)18-8-6-17(20)7-9-18/h2-9,19,21H,10-14H2,1H3/p+1/t19-/m0/s1. The number of quaternary nitrogens is 1. The van der Waals surface area contributed by atoms with E-state index in [1.807, 2.05) is 31.2 Å². The molecule has 0 amide bonds. The van der Waals surface area contributed by atoms with Crippen molar-refractivity contribution < 1.29 is 18.1 Å². The van der Waals surface area contributed by atoms with Crippen molar-refractivity contribution in [2.75, 3.05) is 32.8 Å². The van der Waals surface area contributed by atoms with Gasteiger partial charge in [-0.25, -0.2) is 8.42 Å². The quantitative estimate of drug-likeness (QED) is 0.780. The molecule has 0 aromatic heterocycles. The molecule has 1 saturated heterocycles. The van der Waals surface area contributed by atoms with Crippen LogP contribution in [-0.2, 0) is 14.8 Å². The Hall–Kier alpha value is -1.44. The topological polar surface area (TPSA) is 59.8 Å². The van der Waals surface area contributed by atoms with Crippen LogP contribution >= 0.6 is 11.6 Å². The zero-order chi connectivity index (χ0) is 18.6. The molecule has 3 rings (SSSR count). The van der Waals surface area contributed by atoms with E-state index in [2.05, 4.69) is 4.72 Å². The van der Waals surface area contributed by atoms with Crippen LogP contribution in [0.1, 0.15) is 17.2 Å². The summed E-state index contributed by atoms with van der Waals surface area (Å²) in [7, 11) is -3.64. The number of hydrogen-bond donors (Lipinski definition) is 2. The second-order valence-corrected chi connectivity index (χ2v) is 8.76. The highest BCUT2D eigenvalue weighted by Crippen LogP contribution is 2.19. The molecule has 26 heavy (non-hydrogen) atoms.